The number of oxazole rings is 1. The molecule has 0 saturated carbocycles. The van der Waals surface area contributed by atoms with E-state index in [9.17, 15) is 4.79 Å². The number of amides is 1. The van der Waals surface area contributed by atoms with Crippen LogP contribution in [0.1, 0.15) is 28.5 Å². The quantitative estimate of drug-likeness (QED) is 0.643. The minimum absolute atomic E-state index is 0.0653. The van der Waals surface area contributed by atoms with Gasteiger partial charge in [0.05, 0.1) is 27.2 Å². The van der Waals surface area contributed by atoms with Gasteiger partial charge in [-0.15, -0.1) is 0 Å². The number of fused-ring (bicyclic) bond motifs is 1. The molecule has 150 valence electrons. The minimum atomic E-state index is 0.0653. The Morgan fingerprint density at radius 2 is 1.86 bits per heavy atom. The maximum absolute atomic E-state index is 12.8. The van der Waals surface area contributed by atoms with E-state index in [1.807, 2.05) is 41.3 Å². The highest BCUT2D eigenvalue weighted by atomic mass is 16.5. The second-order valence-corrected chi connectivity index (χ2v) is 7.07. The molecule has 0 radical (unpaired) electrons. The number of methoxy groups -OCH3 is 2. The van der Waals surface area contributed by atoms with Crippen LogP contribution in [0.15, 0.2) is 52.9 Å². The average Bonchev–Trinajstić information content (AvgIpc) is 3.15. The van der Waals surface area contributed by atoms with E-state index in [-0.39, 0.29) is 5.91 Å². The van der Waals surface area contributed by atoms with Gasteiger partial charge in [-0.25, -0.2) is 4.98 Å². The molecule has 1 aliphatic rings. The second kappa shape index (κ2) is 8.39. The largest absolute Gasteiger partial charge is 0.493 e. The smallest absolute Gasteiger partial charge is 0.227 e. The van der Waals surface area contributed by atoms with Crippen molar-refractivity contribution >= 4 is 5.91 Å². The normalized spacial score (nSPS) is 13.1. The van der Waals surface area contributed by atoms with Gasteiger partial charge in [0.15, 0.2) is 17.4 Å². The van der Waals surface area contributed by atoms with E-state index in [1.54, 1.807) is 14.2 Å². The molecular weight excluding hydrogens is 368 g/mol. The molecule has 3 aromatic rings. The Bertz CT molecular complexity index is 997. The Hall–Kier alpha value is -3.28. The molecule has 2 aromatic carbocycles. The summed E-state index contributed by atoms with van der Waals surface area (Å²) in [6, 6.07) is 15.7. The number of hydrogen-bond donors (Lipinski definition) is 0. The van der Waals surface area contributed by atoms with E-state index < -0.39 is 0 Å². The summed E-state index contributed by atoms with van der Waals surface area (Å²) in [7, 11) is 3.19. The molecule has 0 unspecified atom stereocenters. The van der Waals surface area contributed by atoms with Crippen LogP contribution in [0.5, 0.6) is 11.5 Å². The molecule has 2 heterocycles. The Kier molecular flexibility index (Phi) is 5.51. The van der Waals surface area contributed by atoms with Gasteiger partial charge in [-0.05, 0) is 23.3 Å². The summed E-state index contributed by atoms with van der Waals surface area (Å²) in [5, 5.41) is 0. The molecule has 0 spiro atoms. The molecule has 0 saturated heterocycles. The van der Waals surface area contributed by atoms with Crippen LogP contribution in [-0.2, 0) is 30.6 Å². The summed E-state index contributed by atoms with van der Waals surface area (Å²) in [6.07, 6.45) is 1.66. The number of nitrogens with zero attached hydrogens (tertiary/aromatic N) is 2. The van der Waals surface area contributed by atoms with Crippen molar-refractivity contribution in [2.75, 3.05) is 20.8 Å². The summed E-state index contributed by atoms with van der Waals surface area (Å²) in [4.78, 5) is 19.3. The first-order chi connectivity index (χ1) is 14.2. The molecule has 4 rings (SSSR count). The van der Waals surface area contributed by atoms with Gasteiger partial charge in [0.2, 0.25) is 5.91 Å². The second-order valence-electron chi connectivity index (χ2n) is 7.07. The summed E-state index contributed by atoms with van der Waals surface area (Å²) in [5.74, 6) is 2.94. The van der Waals surface area contributed by atoms with Crippen molar-refractivity contribution in [3.63, 3.8) is 0 Å². The van der Waals surface area contributed by atoms with Crippen LogP contribution < -0.4 is 9.47 Å². The van der Waals surface area contributed by atoms with Crippen molar-refractivity contribution in [1.29, 1.82) is 0 Å². The Morgan fingerprint density at radius 1 is 1.07 bits per heavy atom. The minimum Gasteiger partial charge on any atom is -0.493 e. The Morgan fingerprint density at radius 3 is 2.62 bits per heavy atom. The van der Waals surface area contributed by atoms with E-state index in [0.717, 1.165) is 22.6 Å². The molecule has 0 bridgehead atoms. The van der Waals surface area contributed by atoms with E-state index >= 15 is 0 Å². The number of carbonyl (C=O) groups is 1. The van der Waals surface area contributed by atoms with Crippen molar-refractivity contribution in [2.24, 2.45) is 0 Å². The van der Waals surface area contributed by atoms with Crippen LogP contribution in [-0.4, -0.2) is 36.6 Å². The van der Waals surface area contributed by atoms with Crippen LogP contribution in [0.25, 0.3) is 0 Å². The molecule has 6 nitrogen and oxygen atoms in total. The van der Waals surface area contributed by atoms with E-state index in [1.165, 1.54) is 0 Å². The zero-order valence-electron chi connectivity index (χ0n) is 16.7. The van der Waals surface area contributed by atoms with Crippen molar-refractivity contribution in [3.05, 3.63) is 77.0 Å². The fraction of sp³-hybridized carbons (Fsp3) is 0.304. The number of benzene rings is 2. The molecule has 29 heavy (non-hydrogen) atoms. The van der Waals surface area contributed by atoms with E-state index in [2.05, 4.69) is 17.1 Å². The SMILES string of the molecule is COc1ccc(CC(=O)N2CCc3oc(Cc4ccccc4)nc3C2)cc1OC. The zero-order valence-corrected chi connectivity index (χ0v) is 16.7. The Labute approximate surface area is 170 Å². The first-order valence-corrected chi connectivity index (χ1v) is 9.66. The molecule has 1 aromatic heterocycles. The molecule has 6 heteroatoms. The average molecular weight is 392 g/mol. The maximum Gasteiger partial charge on any atom is 0.227 e. The topological polar surface area (TPSA) is 64.8 Å². The van der Waals surface area contributed by atoms with E-state index in [4.69, 9.17) is 13.9 Å². The van der Waals surface area contributed by atoms with Gasteiger partial charge < -0.3 is 18.8 Å². The van der Waals surface area contributed by atoms with Crippen LogP contribution in [0, 0.1) is 0 Å². The van der Waals surface area contributed by atoms with Crippen molar-refractivity contribution in [2.45, 2.75) is 25.8 Å². The predicted molar refractivity (Wildman–Crippen MR) is 108 cm³/mol. The fourth-order valence-electron chi connectivity index (χ4n) is 3.59. The van der Waals surface area contributed by atoms with Crippen molar-refractivity contribution in [1.82, 2.24) is 9.88 Å². The molecule has 1 amide bonds. The van der Waals surface area contributed by atoms with Crippen LogP contribution in [0.3, 0.4) is 0 Å². The van der Waals surface area contributed by atoms with Gasteiger partial charge in [-0.3, -0.25) is 4.79 Å². The summed E-state index contributed by atoms with van der Waals surface area (Å²) >= 11 is 0. The Balaban J connectivity index is 1.42. The third-order valence-electron chi connectivity index (χ3n) is 5.13. The van der Waals surface area contributed by atoms with Crippen LogP contribution >= 0.6 is 0 Å². The molecule has 0 N–H and O–H groups in total. The summed E-state index contributed by atoms with van der Waals surface area (Å²) < 4.78 is 16.5. The molecular formula is C23H24N2O4. The highest BCUT2D eigenvalue weighted by Gasteiger charge is 2.25. The third-order valence-corrected chi connectivity index (χ3v) is 5.13. The lowest BCUT2D eigenvalue weighted by molar-refractivity contribution is -0.131. The number of carbonyl (C=O) groups excluding carboxylic acids is 1. The lowest BCUT2D eigenvalue weighted by atomic mass is 10.1. The monoisotopic (exact) mass is 392 g/mol. The van der Waals surface area contributed by atoms with Crippen LogP contribution in [0.4, 0.5) is 0 Å². The third kappa shape index (κ3) is 4.26. The highest BCUT2D eigenvalue weighted by molar-refractivity contribution is 5.79. The zero-order chi connectivity index (χ0) is 20.2. The number of ether oxygens (including phenoxy) is 2. The van der Waals surface area contributed by atoms with Gasteiger partial charge in [0, 0.05) is 19.4 Å². The van der Waals surface area contributed by atoms with E-state index in [0.29, 0.717) is 49.7 Å². The van der Waals surface area contributed by atoms with Gasteiger partial charge >= 0.3 is 0 Å². The van der Waals surface area contributed by atoms with Gasteiger partial charge in [-0.1, -0.05) is 36.4 Å². The van der Waals surface area contributed by atoms with Crippen molar-refractivity contribution < 1.29 is 18.7 Å². The lowest BCUT2D eigenvalue weighted by Crippen LogP contribution is -2.36. The number of hydrogen-bond acceptors (Lipinski definition) is 5. The number of rotatable bonds is 6. The fourth-order valence-corrected chi connectivity index (χ4v) is 3.59. The molecule has 1 aliphatic heterocycles. The maximum atomic E-state index is 12.8. The number of aromatic nitrogens is 1. The van der Waals surface area contributed by atoms with Gasteiger partial charge in [0.25, 0.3) is 0 Å². The lowest BCUT2D eigenvalue weighted by Gasteiger charge is -2.25. The first-order valence-electron chi connectivity index (χ1n) is 9.66. The highest BCUT2D eigenvalue weighted by Crippen LogP contribution is 2.28. The van der Waals surface area contributed by atoms with Gasteiger partial charge in [-0.2, -0.15) is 0 Å². The van der Waals surface area contributed by atoms with Gasteiger partial charge in [0.1, 0.15) is 11.5 Å². The summed E-state index contributed by atoms with van der Waals surface area (Å²) in [6.45, 7) is 1.12. The molecule has 0 atom stereocenters. The standard InChI is InChI=1S/C23H24N2O4/c1-27-20-9-8-17(12-21(20)28-2)14-23(26)25-11-10-19-18(15-25)24-22(29-19)13-16-6-4-3-5-7-16/h3-9,12H,10-11,13-15H2,1-2H3. The molecule has 0 aliphatic carbocycles. The predicted octanol–water partition coefficient (Wildman–Crippen LogP) is 3.41. The summed E-state index contributed by atoms with van der Waals surface area (Å²) in [5.41, 5.74) is 2.92. The molecule has 0 fully saturated rings. The first kappa shape index (κ1) is 19.1. The van der Waals surface area contributed by atoms with Crippen molar-refractivity contribution in [3.8, 4) is 11.5 Å². The van der Waals surface area contributed by atoms with Crippen LogP contribution in [0.2, 0.25) is 0 Å².